The van der Waals surface area contributed by atoms with E-state index in [-0.39, 0.29) is 0 Å². The standard InChI is InChI=1S/2C7H7.C5H4NOS.ClH.Sn/c2*1-7-5-3-2-4-6-7;7-6-4-2-1-3-5(6)8;;/h2*2-6H,1H2;1-4H;1H;/q;;-1;;+2/p-1. The first kappa shape index (κ1) is 19.0. The minimum Gasteiger partial charge on any atom is -0.805 e. The van der Waals surface area contributed by atoms with Crippen molar-refractivity contribution in [3.8, 4) is 0 Å². The SMILES string of the molecule is [Cl][Sn+]([CH2]c1ccccc1)[CH2]c1ccccc1.[O-]n1ccccc1=S. The molecule has 0 aliphatic heterocycles. The van der Waals surface area contributed by atoms with E-state index in [0.717, 1.165) is 8.87 Å². The van der Waals surface area contributed by atoms with E-state index in [0.29, 0.717) is 9.37 Å². The summed E-state index contributed by atoms with van der Waals surface area (Å²) in [5, 5.41) is 10.4. The Kier molecular flexibility index (Phi) is 8.36. The van der Waals surface area contributed by atoms with Crippen LogP contribution in [0, 0.1) is 9.85 Å². The maximum Gasteiger partial charge on any atom is 0.101 e. The van der Waals surface area contributed by atoms with Crippen LogP contribution in [-0.4, -0.2) is 23.4 Å². The number of aromatic nitrogens is 1. The van der Waals surface area contributed by atoms with E-state index >= 15 is 0 Å². The van der Waals surface area contributed by atoms with Crippen LogP contribution in [0.2, 0.25) is 0 Å². The van der Waals surface area contributed by atoms with Crippen molar-refractivity contribution in [2.75, 3.05) is 0 Å². The molecule has 24 heavy (non-hydrogen) atoms. The average molecular weight is 463 g/mol. The van der Waals surface area contributed by atoms with Crippen molar-refractivity contribution in [3.05, 3.63) is 106 Å². The van der Waals surface area contributed by atoms with Gasteiger partial charge in [0.15, 0.2) is 0 Å². The van der Waals surface area contributed by atoms with E-state index in [4.69, 9.17) is 8.92 Å². The molecule has 0 saturated heterocycles. The monoisotopic (exact) mass is 463 g/mol. The fraction of sp³-hybridized carbons (Fsp3) is 0.105. The zero-order chi connectivity index (χ0) is 17.2. The fourth-order valence-electron chi connectivity index (χ4n) is 2.11. The molecule has 0 aliphatic rings. The van der Waals surface area contributed by atoms with Crippen LogP contribution in [-0.2, 0) is 8.87 Å². The van der Waals surface area contributed by atoms with Gasteiger partial charge in [0, 0.05) is 0 Å². The molecule has 2 aromatic carbocycles. The average Bonchev–Trinajstić information content (AvgIpc) is 2.60. The summed E-state index contributed by atoms with van der Waals surface area (Å²) in [4.78, 5) is 0. The quantitative estimate of drug-likeness (QED) is 0.387. The summed E-state index contributed by atoms with van der Waals surface area (Å²) < 4.78 is 3.21. The molecule has 0 atom stereocenters. The van der Waals surface area contributed by atoms with E-state index in [9.17, 15) is 5.21 Å². The van der Waals surface area contributed by atoms with Gasteiger partial charge in [0.05, 0.1) is 0 Å². The van der Waals surface area contributed by atoms with Gasteiger partial charge in [-0.1, -0.05) is 18.3 Å². The van der Waals surface area contributed by atoms with E-state index in [1.165, 1.54) is 17.3 Å². The van der Waals surface area contributed by atoms with Crippen LogP contribution in [0.1, 0.15) is 11.1 Å². The van der Waals surface area contributed by atoms with Crippen molar-refractivity contribution in [2.45, 2.75) is 8.87 Å². The van der Waals surface area contributed by atoms with Gasteiger partial charge < -0.3 is 9.94 Å². The molecule has 0 spiro atoms. The smallest absolute Gasteiger partial charge is 0.101 e. The molecule has 5 heteroatoms. The molecule has 0 radical (unpaired) electrons. The predicted molar refractivity (Wildman–Crippen MR) is 106 cm³/mol. The third-order valence-electron chi connectivity index (χ3n) is 3.27. The largest absolute Gasteiger partial charge is 0.805 e. The van der Waals surface area contributed by atoms with Gasteiger partial charge in [-0.15, -0.1) is 0 Å². The molecule has 3 rings (SSSR count). The van der Waals surface area contributed by atoms with E-state index < -0.39 is 18.6 Å². The Balaban J connectivity index is 0.000000219. The molecule has 122 valence electrons. The third-order valence-corrected chi connectivity index (χ3v) is 9.90. The molecular formula is C19H18ClNOSSn. The van der Waals surface area contributed by atoms with Crippen LogP contribution >= 0.6 is 21.1 Å². The summed E-state index contributed by atoms with van der Waals surface area (Å²) in [6, 6.07) is 26.1. The maximum atomic E-state index is 10.4. The second kappa shape index (κ2) is 10.5. The van der Waals surface area contributed by atoms with E-state index in [2.05, 4.69) is 72.9 Å². The van der Waals surface area contributed by atoms with Gasteiger partial charge >= 0.3 is 108 Å². The minimum absolute atomic E-state index is 0.313. The van der Waals surface area contributed by atoms with Crippen molar-refractivity contribution >= 4 is 39.8 Å². The van der Waals surface area contributed by atoms with E-state index in [1.807, 2.05) is 0 Å². The molecule has 0 bridgehead atoms. The molecule has 0 N–H and O–H groups in total. The molecule has 1 aromatic heterocycles. The number of pyridine rings is 1. The zero-order valence-electron chi connectivity index (χ0n) is 13.1. The number of rotatable bonds is 4. The molecule has 0 fully saturated rings. The first-order chi connectivity index (χ1) is 11.6. The van der Waals surface area contributed by atoms with Crippen LogP contribution in [0.25, 0.3) is 0 Å². The minimum atomic E-state index is -1.75. The summed E-state index contributed by atoms with van der Waals surface area (Å²) in [6.45, 7) is 0. The predicted octanol–water partition coefficient (Wildman–Crippen LogP) is 5.34. The van der Waals surface area contributed by atoms with Gasteiger partial charge in [0.2, 0.25) is 0 Å². The van der Waals surface area contributed by atoms with Gasteiger partial charge in [-0.3, -0.25) is 0 Å². The van der Waals surface area contributed by atoms with Crippen molar-refractivity contribution in [2.24, 2.45) is 0 Å². The van der Waals surface area contributed by atoms with Crippen molar-refractivity contribution < 1.29 is 0 Å². The first-order valence-corrected chi connectivity index (χ1v) is 15.6. The summed E-state index contributed by atoms with van der Waals surface area (Å²) in [7, 11) is 6.55. The third kappa shape index (κ3) is 7.07. The molecule has 3 aromatic rings. The Bertz CT molecular complexity index is 738. The number of hydrogen-bond donors (Lipinski definition) is 0. The topological polar surface area (TPSA) is 28.0 Å². The summed E-state index contributed by atoms with van der Waals surface area (Å²) in [6.07, 6.45) is 1.38. The van der Waals surface area contributed by atoms with Gasteiger partial charge in [0.25, 0.3) is 0 Å². The van der Waals surface area contributed by atoms with Gasteiger partial charge in [0.1, 0.15) is 4.64 Å². The second-order valence-electron chi connectivity index (χ2n) is 5.21. The van der Waals surface area contributed by atoms with Crippen molar-refractivity contribution in [1.29, 1.82) is 0 Å². The van der Waals surface area contributed by atoms with Crippen LogP contribution in [0.5, 0.6) is 0 Å². The Morgan fingerprint density at radius 2 is 1.25 bits per heavy atom. The number of nitrogens with zero attached hydrogens (tertiary/aromatic N) is 1. The molecule has 2 nitrogen and oxygen atoms in total. The number of hydrogen-bond acceptors (Lipinski definition) is 2. The Labute approximate surface area is 158 Å². The van der Waals surface area contributed by atoms with Gasteiger partial charge in [-0.25, -0.2) is 0 Å². The van der Waals surface area contributed by atoms with Gasteiger partial charge in [-0.05, 0) is 18.3 Å². The van der Waals surface area contributed by atoms with Crippen LogP contribution in [0.3, 0.4) is 0 Å². The van der Waals surface area contributed by atoms with Crippen molar-refractivity contribution in [3.63, 3.8) is 0 Å². The fourth-order valence-corrected chi connectivity index (χ4v) is 8.55. The van der Waals surface area contributed by atoms with Gasteiger partial charge in [-0.2, -0.15) is 0 Å². The van der Waals surface area contributed by atoms with E-state index in [1.54, 1.807) is 18.2 Å². The molecule has 0 aliphatic carbocycles. The molecular weight excluding hydrogens is 444 g/mol. The zero-order valence-corrected chi connectivity index (χ0v) is 17.6. The molecule has 0 saturated carbocycles. The number of halogens is 1. The van der Waals surface area contributed by atoms with Crippen LogP contribution < -0.4 is 0 Å². The molecule has 1 heterocycles. The number of benzene rings is 2. The van der Waals surface area contributed by atoms with Crippen molar-refractivity contribution in [1.82, 2.24) is 4.73 Å². The summed E-state index contributed by atoms with van der Waals surface area (Å²) >= 11 is 2.86. The maximum absolute atomic E-state index is 10.4. The van der Waals surface area contributed by atoms with Crippen LogP contribution in [0.15, 0.2) is 85.1 Å². The Morgan fingerprint density at radius 3 is 1.62 bits per heavy atom. The summed E-state index contributed by atoms with van der Waals surface area (Å²) in [5.41, 5.74) is 2.78. The second-order valence-corrected chi connectivity index (χ2v) is 14.2. The first-order valence-electron chi connectivity index (χ1n) is 7.58. The summed E-state index contributed by atoms with van der Waals surface area (Å²) in [5.74, 6) is 0. The molecule has 0 unspecified atom stereocenters. The molecule has 0 amide bonds. The van der Waals surface area contributed by atoms with Crippen LogP contribution in [0.4, 0.5) is 0 Å². The Hall–Kier alpha value is -1.30. The normalized spacial score (nSPS) is 9.71. The Morgan fingerprint density at radius 1 is 0.792 bits per heavy atom.